The molecule has 117 valence electrons. The Morgan fingerprint density at radius 2 is 1.87 bits per heavy atom. The van der Waals surface area contributed by atoms with E-state index in [0.717, 1.165) is 22.6 Å². The predicted octanol–water partition coefficient (Wildman–Crippen LogP) is 4.06. The molecule has 1 aromatic carbocycles. The van der Waals surface area contributed by atoms with Gasteiger partial charge in [0.15, 0.2) is 0 Å². The van der Waals surface area contributed by atoms with Gasteiger partial charge in [-0.2, -0.15) is 18.8 Å². The summed E-state index contributed by atoms with van der Waals surface area (Å²) in [6.07, 6.45) is 0. The predicted molar refractivity (Wildman–Crippen MR) is 86.5 cm³/mol. The van der Waals surface area contributed by atoms with Crippen LogP contribution in [0.1, 0.15) is 44.2 Å². The molecule has 3 rings (SSSR count). The van der Waals surface area contributed by atoms with Gasteiger partial charge in [-0.15, -0.1) is 0 Å². The molecule has 1 atom stereocenters. The van der Waals surface area contributed by atoms with Gasteiger partial charge in [0, 0.05) is 43.9 Å². The summed E-state index contributed by atoms with van der Waals surface area (Å²) in [4.78, 5) is 13.1. The van der Waals surface area contributed by atoms with E-state index >= 15 is 0 Å². The number of furan rings is 1. The minimum atomic E-state index is -0.0285. The third kappa shape index (κ3) is 4.09. The van der Waals surface area contributed by atoms with E-state index in [9.17, 15) is 0 Å². The molecule has 0 spiro atoms. The van der Waals surface area contributed by atoms with Gasteiger partial charge in [-0.05, 0) is 26.0 Å². The standard InChI is InChI=1S/C17H19N4O.Y/c1-10(2)16-19-12(4)20-17(21-16)18-11(3)15-9-13-7-5-6-8-14(13)22-15;/h5-9,11H,1-4H3,(H,18,19,20,21);/q-1;. The third-order valence-corrected chi connectivity index (χ3v) is 3.41. The molecule has 6 heteroatoms. The first-order chi connectivity index (χ1) is 10.5. The van der Waals surface area contributed by atoms with E-state index in [4.69, 9.17) is 4.42 Å². The first kappa shape index (κ1) is 17.9. The Bertz CT molecular complexity index is 767. The summed E-state index contributed by atoms with van der Waals surface area (Å²) in [5.74, 6) is 3.90. The van der Waals surface area contributed by atoms with Crippen molar-refractivity contribution in [1.29, 1.82) is 0 Å². The van der Waals surface area contributed by atoms with Crippen LogP contribution >= 0.6 is 0 Å². The molecule has 0 aliphatic heterocycles. The number of nitrogens with one attached hydrogen (secondary N) is 1. The maximum atomic E-state index is 5.87. The first-order valence-electron chi connectivity index (χ1n) is 7.31. The van der Waals surface area contributed by atoms with Crippen molar-refractivity contribution in [3.63, 3.8) is 0 Å². The molecule has 0 bridgehead atoms. The van der Waals surface area contributed by atoms with Crippen LogP contribution in [-0.4, -0.2) is 15.0 Å². The smallest absolute Gasteiger partial charge is 0.224 e. The van der Waals surface area contributed by atoms with Crippen molar-refractivity contribution >= 4 is 16.9 Å². The minimum absolute atomic E-state index is 0. The zero-order valence-electron chi connectivity index (χ0n) is 13.8. The zero-order chi connectivity index (χ0) is 15.7. The minimum Gasteiger partial charge on any atom is -0.459 e. The van der Waals surface area contributed by atoms with Crippen molar-refractivity contribution in [1.82, 2.24) is 15.0 Å². The average molecular weight is 384 g/mol. The molecule has 1 radical (unpaired) electrons. The molecule has 5 nitrogen and oxygen atoms in total. The van der Waals surface area contributed by atoms with Gasteiger partial charge < -0.3 is 15.7 Å². The van der Waals surface area contributed by atoms with Gasteiger partial charge in [-0.25, -0.2) is 4.98 Å². The van der Waals surface area contributed by atoms with E-state index in [1.54, 1.807) is 0 Å². The van der Waals surface area contributed by atoms with E-state index < -0.39 is 0 Å². The summed E-state index contributed by atoms with van der Waals surface area (Å²) in [7, 11) is 0. The summed E-state index contributed by atoms with van der Waals surface area (Å²) in [6, 6.07) is 9.98. The molecule has 0 saturated heterocycles. The van der Waals surface area contributed by atoms with E-state index in [0.29, 0.717) is 17.6 Å². The fourth-order valence-corrected chi connectivity index (χ4v) is 2.25. The molecule has 0 aliphatic carbocycles. The second-order valence-electron chi connectivity index (χ2n) is 5.58. The van der Waals surface area contributed by atoms with Crippen LogP contribution in [0.2, 0.25) is 0 Å². The largest absolute Gasteiger partial charge is 0.459 e. The Labute approximate surface area is 161 Å². The number of hydrogen-bond acceptors (Lipinski definition) is 5. The van der Waals surface area contributed by atoms with Crippen LogP contribution in [0, 0.1) is 12.8 Å². The van der Waals surface area contributed by atoms with Gasteiger partial charge in [-0.1, -0.05) is 18.2 Å². The number of aromatic nitrogens is 3. The number of nitrogens with zero attached hydrogens (tertiary/aromatic N) is 3. The molecule has 1 N–H and O–H groups in total. The fourth-order valence-electron chi connectivity index (χ4n) is 2.25. The van der Waals surface area contributed by atoms with E-state index in [1.165, 1.54) is 0 Å². The molecule has 0 aliphatic rings. The second kappa shape index (κ2) is 7.41. The Hall–Kier alpha value is -1.46. The summed E-state index contributed by atoms with van der Waals surface area (Å²) < 4.78 is 5.87. The molecule has 3 aromatic rings. The first-order valence-corrected chi connectivity index (χ1v) is 7.31. The Morgan fingerprint density at radius 1 is 1.13 bits per heavy atom. The normalized spacial score (nSPS) is 11.8. The zero-order valence-corrected chi connectivity index (χ0v) is 16.6. The molecule has 0 fully saturated rings. The summed E-state index contributed by atoms with van der Waals surface area (Å²) in [5.41, 5.74) is 0.886. The molecule has 23 heavy (non-hydrogen) atoms. The van der Waals surface area contributed by atoms with Crippen LogP contribution in [0.5, 0.6) is 0 Å². The van der Waals surface area contributed by atoms with E-state index in [-0.39, 0.29) is 38.8 Å². The number of para-hydroxylation sites is 1. The van der Waals surface area contributed by atoms with Gasteiger partial charge in [0.1, 0.15) is 17.2 Å². The molecular formula is C17H19N4OY-. The Kier molecular flexibility index (Phi) is 5.76. The molecule has 2 heterocycles. The number of benzene rings is 1. The number of rotatable bonds is 4. The van der Waals surface area contributed by atoms with Crippen molar-refractivity contribution in [3.05, 3.63) is 53.7 Å². The number of aryl methyl sites for hydroxylation is 1. The van der Waals surface area contributed by atoms with Crippen LogP contribution in [0.15, 0.2) is 34.7 Å². The molecule has 1 unspecified atom stereocenters. The Morgan fingerprint density at radius 3 is 2.57 bits per heavy atom. The number of anilines is 1. The van der Waals surface area contributed by atoms with Gasteiger partial charge in [-0.3, -0.25) is 4.98 Å². The maximum Gasteiger partial charge on any atom is 0.224 e. The molecule has 0 saturated carbocycles. The van der Waals surface area contributed by atoms with Gasteiger partial charge in [0.25, 0.3) is 0 Å². The van der Waals surface area contributed by atoms with Crippen LogP contribution in [0.4, 0.5) is 5.95 Å². The SMILES string of the molecule is Cc1nc(NC(C)c2cc3ccccc3o2)nc([C-](C)C)n1.[Y]. The topological polar surface area (TPSA) is 63.8 Å². The molecular weight excluding hydrogens is 365 g/mol. The van der Waals surface area contributed by atoms with Gasteiger partial charge >= 0.3 is 0 Å². The van der Waals surface area contributed by atoms with Crippen molar-refractivity contribution in [3.8, 4) is 0 Å². The summed E-state index contributed by atoms with van der Waals surface area (Å²) in [5, 5.41) is 4.38. The van der Waals surface area contributed by atoms with Crippen LogP contribution in [0.25, 0.3) is 11.0 Å². The van der Waals surface area contributed by atoms with Crippen molar-refractivity contribution in [2.75, 3.05) is 5.32 Å². The van der Waals surface area contributed by atoms with E-state index in [2.05, 4.69) is 20.3 Å². The molecule has 2 aromatic heterocycles. The van der Waals surface area contributed by atoms with Crippen molar-refractivity contribution in [2.24, 2.45) is 0 Å². The second-order valence-corrected chi connectivity index (χ2v) is 5.58. The maximum absolute atomic E-state index is 5.87. The third-order valence-electron chi connectivity index (χ3n) is 3.41. The van der Waals surface area contributed by atoms with Crippen molar-refractivity contribution < 1.29 is 37.1 Å². The van der Waals surface area contributed by atoms with E-state index in [1.807, 2.05) is 58.0 Å². The van der Waals surface area contributed by atoms with Gasteiger partial charge in [0.05, 0.1) is 6.04 Å². The number of fused-ring (bicyclic) bond motifs is 1. The monoisotopic (exact) mass is 384 g/mol. The van der Waals surface area contributed by atoms with Gasteiger partial charge in [0.2, 0.25) is 5.95 Å². The van der Waals surface area contributed by atoms with Crippen LogP contribution in [0.3, 0.4) is 0 Å². The van der Waals surface area contributed by atoms with Crippen LogP contribution < -0.4 is 5.32 Å². The summed E-state index contributed by atoms with van der Waals surface area (Å²) >= 11 is 0. The fraction of sp³-hybridized carbons (Fsp3) is 0.294. The summed E-state index contributed by atoms with van der Waals surface area (Å²) in [6.45, 7) is 7.87. The average Bonchev–Trinajstić information content (AvgIpc) is 2.90. The molecule has 0 amide bonds. The quantitative estimate of drug-likeness (QED) is 0.688. The number of hydrogen-bond donors (Lipinski definition) is 1. The Balaban J connectivity index is 0.00000192. The van der Waals surface area contributed by atoms with Crippen molar-refractivity contribution in [2.45, 2.75) is 33.7 Å². The van der Waals surface area contributed by atoms with Crippen LogP contribution in [-0.2, 0) is 32.7 Å².